The predicted octanol–water partition coefficient (Wildman–Crippen LogP) is 2.31. The van der Waals surface area contributed by atoms with Crippen molar-refractivity contribution in [3.8, 4) is 0 Å². The van der Waals surface area contributed by atoms with Gasteiger partial charge in [-0.05, 0) is 24.0 Å². The van der Waals surface area contributed by atoms with Crippen molar-refractivity contribution in [2.24, 2.45) is 0 Å². The van der Waals surface area contributed by atoms with Gasteiger partial charge in [-0.15, -0.1) is 12.4 Å². The Labute approximate surface area is 127 Å². The number of thioether (sulfide) groups is 1. The molecule has 6 nitrogen and oxygen atoms in total. The zero-order chi connectivity index (χ0) is 14.3. The molecule has 0 saturated carbocycles. The summed E-state index contributed by atoms with van der Waals surface area (Å²) >= 11 is 1.60. The molecule has 0 heterocycles. The highest BCUT2D eigenvalue weighted by molar-refractivity contribution is 7.98. The van der Waals surface area contributed by atoms with E-state index in [1.165, 1.54) is 12.1 Å². The number of non-ortho nitro benzene ring substituents is 1. The molecule has 0 unspecified atom stereocenters. The average molecular weight is 321 g/mol. The number of aliphatic carboxylic acids is 1. The van der Waals surface area contributed by atoms with Crippen LogP contribution in [0.4, 0.5) is 5.69 Å². The number of benzene rings is 1. The number of rotatable bonds is 8. The second-order valence-electron chi connectivity index (χ2n) is 3.98. The maximum atomic E-state index is 11.0. The molecule has 0 aliphatic carbocycles. The third kappa shape index (κ3) is 6.23. The molecule has 0 aromatic heterocycles. The van der Waals surface area contributed by atoms with Crippen LogP contribution in [0, 0.1) is 10.1 Å². The number of carboxylic acids is 1. The molecule has 0 aliphatic rings. The van der Waals surface area contributed by atoms with Gasteiger partial charge in [-0.25, -0.2) is 0 Å². The van der Waals surface area contributed by atoms with Crippen molar-refractivity contribution in [1.29, 1.82) is 0 Å². The highest BCUT2D eigenvalue weighted by Gasteiger charge is 2.16. The molecule has 0 amide bonds. The van der Waals surface area contributed by atoms with Gasteiger partial charge in [0.2, 0.25) is 0 Å². The smallest absolute Gasteiger partial charge is 0.320 e. The van der Waals surface area contributed by atoms with Crippen LogP contribution >= 0.6 is 24.2 Å². The maximum Gasteiger partial charge on any atom is 0.320 e. The molecule has 1 aromatic carbocycles. The summed E-state index contributed by atoms with van der Waals surface area (Å²) in [6.07, 6.45) is 2.47. The van der Waals surface area contributed by atoms with Crippen LogP contribution in [0.5, 0.6) is 0 Å². The quantitative estimate of drug-likeness (QED) is 0.564. The number of carboxylic acid groups (broad SMARTS) is 1. The van der Waals surface area contributed by atoms with E-state index >= 15 is 0 Å². The van der Waals surface area contributed by atoms with Crippen molar-refractivity contribution in [3.05, 3.63) is 39.9 Å². The molecule has 1 aromatic rings. The van der Waals surface area contributed by atoms with Crippen molar-refractivity contribution < 1.29 is 14.8 Å². The molecular formula is C12H17ClN2O4S. The van der Waals surface area contributed by atoms with Crippen LogP contribution in [-0.2, 0) is 11.3 Å². The molecule has 0 radical (unpaired) electrons. The molecule has 0 fully saturated rings. The fraction of sp³-hybridized carbons (Fsp3) is 0.417. The second kappa shape index (κ2) is 9.57. The predicted molar refractivity (Wildman–Crippen MR) is 81.6 cm³/mol. The van der Waals surface area contributed by atoms with E-state index < -0.39 is 16.9 Å². The fourth-order valence-electron chi connectivity index (χ4n) is 1.53. The third-order valence-corrected chi connectivity index (χ3v) is 3.25. The number of nitro groups is 1. The van der Waals surface area contributed by atoms with Gasteiger partial charge in [-0.3, -0.25) is 14.9 Å². The van der Waals surface area contributed by atoms with E-state index in [2.05, 4.69) is 5.32 Å². The Bertz CT molecular complexity index is 442. The number of nitro benzene ring substituents is 1. The minimum atomic E-state index is -0.879. The molecule has 8 heteroatoms. The molecule has 0 saturated heterocycles. The number of nitrogens with zero attached hydrogens (tertiary/aromatic N) is 1. The van der Waals surface area contributed by atoms with E-state index in [0.29, 0.717) is 13.0 Å². The topological polar surface area (TPSA) is 92.5 Å². The molecule has 20 heavy (non-hydrogen) atoms. The fourth-order valence-corrected chi connectivity index (χ4v) is 2.00. The summed E-state index contributed by atoms with van der Waals surface area (Å²) in [7, 11) is 0. The van der Waals surface area contributed by atoms with E-state index in [1.54, 1.807) is 23.9 Å². The van der Waals surface area contributed by atoms with Gasteiger partial charge in [0, 0.05) is 18.7 Å². The molecule has 0 spiro atoms. The van der Waals surface area contributed by atoms with Gasteiger partial charge in [0.15, 0.2) is 0 Å². The number of halogens is 1. The summed E-state index contributed by atoms with van der Waals surface area (Å²) in [5.74, 6) is -0.111. The monoisotopic (exact) mass is 320 g/mol. The summed E-state index contributed by atoms with van der Waals surface area (Å²) in [6.45, 7) is 0.378. The molecule has 1 rings (SSSR count). The normalized spacial score (nSPS) is 11.4. The van der Waals surface area contributed by atoms with Crippen molar-refractivity contribution >= 4 is 35.8 Å². The summed E-state index contributed by atoms with van der Waals surface area (Å²) < 4.78 is 0. The van der Waals surface area contributed by atoms with E-state index in [0.717, 1.165) is 11.3 Å². The van der Waals surface area contributed by atoms with E-state index in [1.807, 2.05) is 6.26 Å². The SMILES string of the molecule is CSCC[C@H](NCc1ccc([N+](=O)[O-])cc1)C(=O)O.Cl. The highest BCUT2D eigenvalue weighted by atomic mass is 35.5. The van der Waals surface area contributed by atoms with Gasteiger partial charge in [-0.1, -0.05) is 12.1 Å². The van der Waals surface area contributed by atoms with Gasteiger partial charge in [0.25, 0.3) is 5.69 Å². The first-order valence-corrected chi connectivity index (χ1v) is 7.12. The average Bonchev–Trinajstić information content (AvgIpc) is 2.39. The lowest BCUT2D eigenvalue weighted by atomic mass is 10.1. The van der Waals surface area contributed by atoms with E-state index in [9.17, 15) is 14.9 Å². The van der Waals surface area contributed by atoms with Crippen LogP contribution in [-0.4, -0.2) is 34.0 Å². The Kier molecular flexibility index (Phi) is 8.94. The van der Waals surface area contributed by atoms with Gasteiger partial charge in [0.1, 0.15) is 6.04 Å². The molecule has 0 aliphatic heterocycles. The Morgan fingerprint density at radius 3 is 2.50 bits per heavy atom. The van der Waals surface area contributed by atoms with Crippen molar-refractivity contribution in [2.45, 2.75) is 19.0 Å². The summed E-state index contributed by atoms with van der Waals surface area (Å²) in [5.41, 5.74) is 0.849. The van der Waals surface area contributed by atoms with Crippen LogP contribution in [0.15, 0.2) is 24.3 Å². The van der Waals surface area contributed by atoms with Gasteiger partial charge < -0.3 is 10.4 Å². The second-order valence-corrected chi connectivity index (χ2v) is 4.96. The van der Waals surface area contributed by atoms with Crippen molar-refractivity contribution in [2.75, 3.05) is 12.0 Å². The molecule has 112 valence electrons. The zero-order valence-electron chi connectivity index (χ0n) is 10.9. The van der Waals surface area contributed by atoms with Gasteiger partial charge >= 0.3 is 5.97 Å². The van der Waals surface area contributed by atoms with Gasteiger partial charge in [-0.2, -0.15) is 11.8 Å². The number of hydrogen-bond donors (Lipinski definition) is 2. The van der Waals surface area contributed by atoms with Crippen molar-refractivity contribution in [3.63, 3.8) is 0 Å². The largest absolute Gasteiger partial charge is 0.480 e. The lowest BCUT2D eigenvalue weighted by molar-refractivity contribution is -0.384. The van der Waals surface area contributed by atoms with E-state index in [4.69, 9.17) is 5.11 Å². The molecular weight excluding hydrogens is 304 g/mol. The third-order valence-electron chi connectivity index (χ3n) is 2.61. The maximum absolute atomic E-state index is 11.0. The van der Waals surface area contributed by atoms with E-state index in [-0.39, 0.29) is 18.1 Å². The number of carbonyl (C=O) groups is 1. The Morgan fingerprint density at radius 1 is 1.45 bits per heavy atom. The lowest BCUT2D eigenvalue weighted by Gasteiger charge is -2.13. The Morgan fingerprint density at radius 2 is 2.05 bits per heavy atom. The Hall–Kier alpha value is -1.31. The van der Waals surface area contributed by atoms with Crippen LogP contribution in [0.1, 0.15) is 12.0 Å². The first-order valence-electron chi connectivity index (χ1n) is 5.73. The van der Waals surface area contributed by atoms with Gasteiger partial charge in [0.05, 0.1) is 4.92 Å². The number of nitrogens with one attached hydrogen (secondary N) is 1. The van der Waals surface area contributed by atoms with Crippen molar-refractivity contribution in [1.82, 2.24) is 5.32 Å². The summed E-state index contributed by atoms with van der Waals surface area (Å²) in [5, 5.41) is 22.5. The first kappa shape index (κ1) is 18.7. The Balaban J connectivity index is 0.00000361. The number of hydrogen-bond acceptors (Lipinski definition) is 5. The minimum absolute atomic E-state index is 0. The minimum Gasteiger partial charge on any atom is -0.480 e. The molecule has 0 bridgehead atoms. The van der Waals surface area contributed by atoms with Crippen LogP contribution in [0.25, 0.3) is 0 Å². The standard InChI is InChI=1S/C12H16N2O4S.ClH/c1-19-7-6-11(12(15)16)13-8-9-2-4-10(5-3-9)14(17)18;/h2-5,11,13H,6-8H2,1H3,(H,15,16);1H/t11-;/m0./s1. The molecule has 1 atom stereocenters. The first-order chi connectivity index (χ1) is 9.04. The lowest BCUT2D eigenvalue weighted by Crippen LogP contribution is -2.36. The van der Waals surface area contributed by atoms with Crippen LogP contribution < -0.4 is 5.32 Å². The highest BCUT2D eigenvalue weighted by Crippen LogP contribution is 2.12. The zero-order valence-corrected chi connectivity index (χ0v) is 12.6. The summed E-state index contributed by atoms with van der Waals surface area (Å²) in [6, 6.07) is 5.48. The van der Waals surface area contributed by atoms with Crippen LogP contribution in [0.2, 0.25) is 0 Å². The van der Waals surface area contributed by atoms with Crippen LogP contribution in [0.3, 0.4) is 0 Å². The molecule has 2 N–H and O–H groups in total. The summed E-state index contributed by atoms with van der Waals surface area (Å²) in [4.78, 5) is 21.0.